The molecule has 1 fully saturated rings. The van der Waals surface area contributed by atoms with Crippen LogP contribution in [0.1, 0.15) is 28.7 Å². The van der Waals surface area contributed by atoms with Crippen LogP contribution in [0.2, 0.25) is 0 Å². The van der Waals surface area contributed by atoms with Crippen molar-refractivity contribution in [2.24, 2.45) is 5.92 Å². The number of carbonyl (C=O) groups is 1. The van der Waals surface area contributed by atoms with Crippen molar-refractivity contribution in [3.63, 3.8) is 0 Å². The lowest BCUT2D eigenvalue weighted by Crippen LogP contribution is -2.55. The first kappa shape index (κ1) is 23.4. The van der Waals surface area contributed by atoms with E-state index in [-0.39, 0.29) is 29.6 Å². The molecule has 6 heteroatoms. The Morgan fingerprint density at radius 3 is 2.40 bits per heavy atom. The second-order valence-electron chi connectivity index (χ2n) is 9.22. The van der Waals surface area contributed by atoms with Gasteiger partial charge in [0, 0.05) is 24.6 Å². The highest BCUT2D eigenvalue weighted by Gasteiger charge is 2.53. The second kappa shape index (κ2) is 8.70. The lowest BCUT2D eigenvalue weighted by atomic mass is 9.58. The topological polar surface area (TPSA) is 54.5 Å². The summed E-state index contributed by atoms with van der Waals surface area (Å²) in [7, 11) is -3.72. The van der Waals surface area contributed by atoms with Gasteiger partial charge in [0.1, 0.15) is 5.82 Å². The Morgan fingerprint density at radius 2 is 1.71 bits per heavy atom. The molecule has 4 nitrogen and oxygen atoms in total. The number of carbonyl (C=O) groups excluding carboxylic acids is 1. The van der Waals surface area contributed by atoms with Gasteiger partial charge in [-0.05, 0) is 60.4 Å². The van der Waals surface area contributed by atoms with Gasteiger partial charge in [-0.25, -0.2) is 12.8 Å². The van der Waals surface area contributed by atoms with Gasteiger partial charge in [-0.1, -0.05) is 60.2 Å². The molecule has 0 saturated carbocycles. The molecular weight excluding hydrogens is 461 g/mol. The third-order valence-electron chi connectivity index (χ3n) is 7.28. The van der Waals surface area contributed by atoms with Crippen LogP contribution in [0.4, 0.5) is 4.39 Å². The first-order valence-corrected chi connectivity index (χ1v) is 13.0. The first-order chi connectivity index (χ1) is 16.8. The number of fused-ring (bicyclic) bond motifs is 2. The number of benzene rings is 3. The smallest absolute Gasteiger partial charge is 0.243 e. The Bertz CT molecular complexity index is 1440. The van der Waals surface area contributed by atoms with E-state index in [0.717, 1.165) is 16.7 Å². The van der Waals surface area contributed by atoms with Crippen molar-refractivity contribution in [1.82, 2.24) is 4.31 Å². The van der Waals surface area contributed by atoms with Crippen LogP contribution in [0.25, 0.3) is 11.6 Å². The Hall–Kier alpha value is -3.35. The van der Waals surface area contributed by atoms with Crippen LogP contribution in [0.15, 0.2) is 90.3 Å². The molecule has 1 saturated heterocycles. The van der Waals surface area contributed by atoms with Crippen LogP contribution >= 0.6 is 0 Å². The molecule has 3 aromatic carbocycles. The summed E-state index contributed by atoms with van der Waals surface area (Å²) in [6.07, 6.45) is 3.88. The van der Waals surface area contributed by atoms with Gasteiger partial charge < -0.3 is 0 Å². The molecule has 178 valence electrons. The molecule has 3 aromatic rings. The van der Waals surface area contributed by atoms with Gasteiger partial charge in [0.15, 0.2) is 5.78 Å². The fourth-order valence-corrected chi connectivity index (χ4v) is 6.85. The third kappa shape index (κ3) is 3.77. The highest BCUT2D eigenvalue weighted by Crippen LogP contribution is 2.49. The van der Waals surface area contributed by atoms with Crippen molar-refractivity contribution in [2.45, 2.75) is 23.7 Å². The van der Waals surface area contributed by atoms with E-state index in [9.17, 15) is 17.6 Å². The number of halogens is 1. The summed E-state index contributed by atoms with van der Waals surface area (Å²) in [5.74, 6) is -0.888. The molecule has 1 aliphatic heterocycles. The zero-order valence-electron chi connectivity index (χ0n) is 19.4. The Balaban J connectivity index is 1.58. The first-order valence-electron chi connectivity index (χ1n) is 11.6. The molecule has 35 heavy (non-hydrogen) atoms. The van der Waals surface area contributed by atoms with Crippen LogP contribution in [0, 0.1) is 18.7 Å². The number of piperidine rings is 1. The summed E-state index contributed by atoms with van der Waals surface area (Å²) >= 11 is 0. The van der Waals surface area contributed by atoms with E-state index in [0.29, 0.717) is 17.6 Å². The van der Waals surface area contributed by atoms with Crippen molar-refractivity contribution in [1.29, 1.82) is 0 Å². The minimum atomic E-state index is -3.72. The number of hydrogen-bond donors (Lipinski definition) is 0. The zero-order chi connectivity index (χ0) is 24.8. The number of allylic oxidation sites excluding steroid dienone is 1. The maximum absolute atomic E-state index is 14.2. The van der Waals surface area contributed by atoms with E-state index < -0.39 is 21.4 Å². The van der Waals surface area contributed by atoms with Crippen LogP contribution in [0.5, 0.6) is 0 Å². The predicted molar refractivity (Wildman–Crippen MR) is 136 cm³/mol. The van der Waals surface area contributed by atoms with Gasteiger partial charge in [0.25, 0.3) is 0 Å². The van der Waals surface area contributed by atoms with Crippen molar-refractivity contribution >= 4 is 27.5 Å². The summed E-state index contributed by atoms with van der Waals surface area (Å²) in [5, 5.41) is 0. The van der Waals surface area contributed by atoms with Gasteiger partial charge in [0.2, 0.25) is 10.0 Å². The average Bonchev–Trinajstić information content (AvgIpc) is 2.87. The fourth-order valence-electron chi connectivity index (χ4n) is 5.38. The van der Waals surface area contributed by atoms with Gasteiger partial charge in [-0.15, -0.1) is 6.58 Å². The Morgan fingerprint density at radius 1 is 1.03 bits per heavy atom. The second-order valence-corrected chi connectivity index (χ2v) is 11.2. The number of nitrogens with zero attached hydrogens (tertiary/aromatic N) is 1. The van der Waals surface area contributed by atoms with E-state index in [1.165, 1.54) is 16.4 Å². The van der Waals surface area contributed by atoms with Crippen molar-refractivity contribution in [3.05, 3.63) is 114 Å². The van der Waals surface area contributed by atoms with Crippen LogP contribution in [0.3, 0.4) is 0 Å². The van der Waals surface area contributed by atoms with Crippen LogP contribution < -0.4 is 0 Å². The van der Waals surface area contributed by atoms with Crippen molar-refractivity contribution < 1.29 is 17.6 Å². The maximum Gasteiger partial charge on any atom is 0.243 e. The largest absolute Gasteiger partial charge is 0.293 e. The maximum atomic E-state index is 14.2. The van der Waals surface area contributed by atoms with Crippen LogP contribution in [-0.4, -0.2) is 31.6 Å². The number of aryl methyl sites for hydroxylation is 1. The van der Waals surface area contributed by atoms with Gasteiger partial charge in [0.05, 0.1) is 10.3 Å². The monoisotopic (exact) mass is 487 g/mol. The van der Waals surface area contributed by atoms with Gasteiger partial charge in [-0.2, -0.15) is 4.31 Å². The Labute approximate surface area is 205 Å². The van der Waals surface area contributed by atoms with E-state index in [1.54, 1.807) is 42.5 Å². The van der Waals surface area contributed by atoms with Crippen LogP contribution in [-0.2, 0) is 20.2 Å². The normalized spacial score (nSPS) is 22.5. The SMILES string of the molecule is C=CC1CN(S(=O)(=O)c2ccc(C)cc2)CCC12C(=O)C(c1ccc(F)cc1)=Cc1ccccc12. The number of Topliss-reactive ketones (excluding diaryl/α,β-unsaturated/α-hetero) is 1. The summed E-state index contributed by atoms with van der Waals surface area (Å²) in [6, 6.07) is 20.4. The third-order valence-corrected chi connectivity index (χ3v) is 9.16. The van der Waals surface area contributed by atoms with E-state index >= 15 is 0 Å². The molecule has 1 heterocycles. The average molecular weight is 488 g/mol. The standard InChI is InChI=1S/C29H26FNO3S/c1-3-23-19-31(35(33,34)25-14-8-20(2)9-15-25)17-16-29(23)27-7-5-4-6-22(27)18-26(28(29)32)21-10-12-24(30)13-11-21/h3-15,18,23H,1,16-17,19H2,2H3. The van der Waals surface area contributed by atoms with Crippen molar-refractivity contribution in [3.8, 4) is 0 Å². The quantitative estimate of drug-likeness (QED) is 0.464. The number of hydrogen-bond acceptors (Lipinski definition) is 3. The molecule has 0 amide bonds. The van der Waals surface area contributed by atoms with Crippen molar-refractivity contribution in [2.75, 3.05) is 13.1 Å². The molecular formula is C29H26FNO3S. The summed E-state index contributed by atoms with van der Waals surface area (Å²) < 4.78 is 41.9. The summed E-state index contributed by atoms with van der Waals surface area (Å²) in [4.78, 5) is 14.4. The highest BCUT2D eigenvalue weighted by atomic mass is 32.2. The molecule has 2 aliphatic rings. The molecule has 5 rings (SSSR count). The molecule has 0 bridgehead atoms. The molecule has 1 aliphatic carbocycles. The molecule has 2 unspecified atom stereocenters. The van der Waals surface area contributed by atoms with E-state index in [4.69, 9.17) is 0 Å². The minimum Gasteiger partial charge on any atom is -0.293 e. The summed E-state index contributed by atoms with van der Waals surface area (Å²) in [5.41, 5.74) is 2.97. The molecule has 0 aromatic heterocycles. The number of rotatable bonds is 4. The lowest BCUT2D eigenvalue weighted by Gasteiger charge is -2.48. The number of ketones is 1. The van der Waals surface area contributed by atoms with E-state index in [2.05, 4.69) is 6.58 Å². The molecule has 1 spiro atoms. The Kier molecular flexibility index (Phi) is 5.82. The van der Waals surface area contributed by atoms with Gasteiger partial charge >= 0.3 is 0 Å². The summed E-state index contributed by atoms with van der Waals surface area (Å²) in [6.45, 7) is 6.27. The zero-order valence-corrected chi connectivity index (χ0v) is 20.3. The number of sulfonamides is 1. The highest BCUT2D eigenvalue weighted by molar-refractivity contribution is 7.89. The fraction of sp³-hybridized carbons (Fsp3) is 0.207. The lowest BCUT2D eigenvalue weighted by molar-refractivity contribution is -0.121. The molecule has 0 radical (unpaired) electrons. The van der Waals surface area contributed by atoms with Gasteiger partial charge in [-0.3, -0.25) is 4.79 Å². The molecule has 0 N–H and O–H groups in total. The van der Waals surface area contributed by atoms with E-state index in [1.807, 2.05) is 37.3 Å². The predicted octanol–water partition coefficient (Wildman–Crippen LogP) is 5.39. The minimum absolute atomic E-state index is 0.0832. The molecule has 2 atom stereocenters.